The molecule has 0 bridgehead atoms. The predicted molar refractivity (Wildman–Crippen MR) is 146 cm³/mol. The number of rotatable bonds is 24. The van der Waals surface area contributed by atoms with E-state index in [1.54, 1.807) is 43.9 Å². The van der Waals surface area contributed by atoms with E-state index in [-0.39, 0.29) is 0 Å². The summed E-state index contributed by atoms with van der Waals surface area (Å²) in [6, 6.07) is 0. The Morgan fingerprint density at radius 3 is 0.966 bits per heavy atom. The van der Waals surface area contributed by atoms with Gasteiger partial charge >= 0.3 is 196 Å². The zero-order valence-corrected chi connectivity index (χ0v) is 23.4. The molecule has 0 saturated carbocycles. The molecule has 29 heavy (non-hydrogen) atoms. The zero-order chi connectivity index (χ0) is 21.5. The first-order valence-electron chi connectivity index (χ1n) is 13.8. The van der Waals surface area contributed by atoms with E-state index < -0.39 is 7.26 Å². The molecule has 178 valence electrons. The molecule has 0 amide bonds. The molecule has 0 aromatic heterocycles. The Bertz CT molecular complexity index is 264. The second kappa shape index (κ2) is 23.6. The molecule has 0 rings (SSSR count). The molecule has 0 heterocycles. The molecule has 0 aromatic carbocycles. The minimum atomic E-state index is -1.05. The van der Waals surface area contributed by atoms with Crippen LogP contribution in [0.2, 0.25) is 0 Å². The van der Waals surface area contributed by atoms with Gasteiger partial charge in [-0.15, -0.1) is 0 Å². The van der Waals surface area contributed by atoms with Crippen LogP contribution in [0.3, 0.4) is 0 Å². The summed E-state index contributed by atoms with van der Waals surface area (Å²) in [5, 5.41) is 1.23. The van der Waals surface area contributed by atoms with Gasteiger partial charge in [-0.05, 0) is 0 Å². The van der Waals surface area contributed by atoms with Crippen molar-refractivity contribution in [3.8, 4) is 0 Å². The van der Waals surface area contributed by atoms with Crippen molar-refractivity contribution in [2.24, 2.45) is 0 Å². The van der Waals surface area contributed by atoms with Crippen LogP contribution in [0.4, 0.5) is 0 Å². The maximum absolute atomic E-state index is 3.76. The molecular formula is C27H58BrP. The van der Waals surface area contributed by atoms with Crippen LogP contribution < -0.4 is 0 Å². The number of halogens is 1. The second-order valence-electron chi connectivity index (χ2n) is 9.85. The Morgan fingerprint density at radius 1 is 0.379 bits per heavy atom. The van der Waals surface area contributed by atoms with Crippen LogP contribution in [-0.2, 0) is 0 Å². The molecule has 0 saturated heterocycles. The molecule has 0 aromatic rings. The molecule has 0 N–H and O–H groups in total. The minimum absolute atomic E-state index is 1.05. The normalized spacial score (nSPS) is 12.6. The fourth-order valence-corrected chi connectivity index (χ4v) is 11.3. The summed E-state index contributed by atoms with van der Waals surface area (Å²) >= 11 is 3.76. The van der Waals surface area contributed by atoms with Gasteiger partial charge in [-0.2, -0.15) is 0 Å². The molecule has 0 atom stereocenters. The maximum atomic E-state index is 3.76. The average molecular weight is 494 g/mol. The van der Waals surface area contributed by atoms with Crippen LogP contribution >= 0.6 is 23.2 Å². The van der Waals surface area contributed by atoms with Crippen LogP contribution in [-0.4, -0.2) is 30.0 Å². The van der Waals surface area contributed by atoms with Gasteiger partial charge in [-0.25, -0.2) is 0 Å². The topological polar surface area (TPSA) is 0 Å². The first-order chi connectivity index (χ1) is 14.2. The van der Waals surface area contributed by atoms with E-state index in [0.29, 0.717) is 0 Å². The van der Waals surface area contributed by atoms with Crippen molar-refractivity contribution in [3.05, 3.63) is 0 Å². The Kier molecular flexibility index (Phi) is 24.3. The van der Waals surface area contributed by atoms with Crippen molar-refractivity contribution in [3.63, 3.8) is 0 Å². The Hall–Kier alpha value is 0.910. The van der Waals surface area contributed by atoms with Gasteiger partial charge in [0, 0.05) is 0 Å². The molecule has 2 heteroatoms. The van der Waals surface area contributed by atoms with Gasteiger partial charge in [0.25, 0.3) is 0 Å². The molecule has 0 spiro atoms. The van der Waals surface area contributed by atoms with Crippen molar-refractivity contribution in [1.29, 1.82) is 0 Å². The summed E-state index contributed by atoms with van der Waals surface area (Å²) in [4.78, 5) is 0. The van der Waals surface area contributed by atoms with Gasteiger partial charge in [0.1, 0.15) is 0 Å². The van der Waals surface area contributed by atoms with E-state index in [2.05, 4.69) is 36.7 Å². The van der Waals surface area contributed by atoms with Gasteiger partial charge < -0.3 is 0 Å². The average Bonchev–Trinajstić information content (AvgIpc) is 2.74. The molecule has 0 aliphatic carbocycles. The van der Waals surface area contributed by atoms with Crippen LogP contribution in [0.5, 0.6) is 0 Å². The molecule has 0 unspecified atom stereocenters. The van der Waals surface area contributed by atoms with Crippen LogP contribution in [0, 0.1) is 0 Å². The Morgan fingerprint density at radius 2 is 0.655 bits per heavy atom. The summed E-state index contributed by atoms with van der Waals surface area (Å²) in [5.74, 6) is 0. The van der Waals surface area contributed by atoms with E-state index in [1.807, 2.05) is 0 Å². The van der Waals surface area contributed by atoms with E-state index >= 15 is 0 Å². The van der Waals surface area contributed by atoms with E-state index in [1.165, 1.54) is 108 Å². The quantitative estimate of drug-likeness (QED) is 0.0712. The van der Waals surface area contributed by atoms with Crippen molar-refractivity contribution in [2.75, 3.05) is 30.0 Å². The molecule has 0 nitrogen and oxygen atoms in total. The zero-order valence-electron chi connectivity index (χ0n) is 20.8. The monoisotopic (exact) mass is 492 g/mol. The predicted octanol–water partition coefficient (Wildman–Crippen LogP) is 10.6. The third-order valence-electron chi connectivity index (χ3n) is 7.02. The van der Waals surface area contributed by atoms with Crippen molar-refractivity contribution in [1.82, 2.24) is 0 Å². The molecular weight excluding hydrogens is 435 g/mol. The SMILES string of the molecule is CCCCCCCC[PH](CCCBr)(CCCCCCCC)CCCCCCCC. The summed E-state index contributed by atoms with van der Waals surface area (Å²) in [7, 11) is -1.05. The van der Waals surface area contributed by atoms with Gasteiger partial charge in [0.05, 0.1) is 0 Å². The number of hydrogen-bond donors (Lipinski definition) is 0. The van der Waals surface area contributed by atoms with E-state index in [4.69, 9.17) is 0 Å². The third kappa shape index (κ3) is 19.3. The van der Waals surface area contributed by atoms with E-state index in [0.717, 1.165) is 0 Å². The Labute approximate surface area is 195 Å². The van der Waals surface area contributed by atoms with E-state index in [9.17, 15) is 0 Å². The molecule has 0 aliphatic rings. The first-order valence-corrected chi connectivity index (χ1v) is 17.8. The summed E-state index contributed by atoms with van der Waals surface area (Å²) in [5.41, 5.74) is 0. The molecule has 0 aliphatic heterocycles. The molecule has 0 fully saturated rings. The van der Waals surface area contributed by atoms with Crippen LogP contribution in [0.1, 0.15) is 143 Å². The number of unbranched alkanes of at least 4 members (excludes halogenated alkanes) is 15. The van der Waals surface area contributed by atoms with Crippen LogP contribution in [0.15, 0.2) is 0 Å². The second-order valence-corrected chi connectivity index (χ2v) is 15.6. The van der Waals surface area contributed by atoms with Gasteiger partial charge in [0.2, 0.25) is 0 Å². The van der Waals surface area contributed by atoms with Crippen molar-refractivity contribution in [2.45, 2.75) is 143 Å². The van der Waals surface area contributed by atoms with Gasteiger partial charge in [-0.3, -0.25) is 0 Å². The van der Waals surface area contributed by atoms with Gasteiger partial charge in [0.15, 0.2) is 0 Å². The number of hydrogen-bond acceptors (Lipinski definition) is 0. The third-order valence-corrected chi connectivity index (χ3v) is 13.2. The molecule has 0 radical (unpaired) electrons. The summed E-state index contributed by atoms with van der Waals surface area (Å²) in [6.07, 6.45) is 34.5. The Balaban J connectivity index is 4.52. The fraction of sp³-hybridized carbons (Fsp3) is 1.00. The standard InChI is InChI=1S/C27H58BrP/c1-4-7-10-13-16-19-24-29(27-22-23-28,25-20-17-14-11-8-5-2)26-21-18-15-12-9-6-3/h29H,4-27H2,1-3H3. The first kappa shape index (κ1) is 29.9. The fourth-order valence-electron chi connectivity index (χ4n) is 5.03. The summed E-state index contributed by atoms with van der Waals surface area (Å²) in [6.45, 7) is 7.00. The van der Waals surface area contributed by atoms with Crippen molar-refractivity contribution < 1.29 is 0 Å². The van der Waals surface area contributed by atoms with Crippen molar-refractivity contribution >= 4 is 23.2 Å². The van der Waals surface area contributed by atoms with Crippen LogP contribution in [0.25, 0.3) is 0 Å². The summed E-state index contributed by atoms with van der Waals surface area (Å²) < 4.78 is 0. The number of alkyl halides is 1. The van der Waals surface area contributed by atoms with Gasteiger partial charge in [-0.1, -0.05) is 0 Å².